The number of phenols is 1. The molecular formula is C21H25N3O3. The van der Waals surface area contributed by atoms with E-state index in [-0.39, 0.29) is 23.1 Å². The molecule has 6 nitrogen and oxygen atoms in total. The van der Waals surface area contributed by atoms with Gasteiger partial charge in [-0.1, -0.05) is 6.07 Å². The van der Waals surface area contributed by atoms with Gasteiger partial charge in [0.2, 0.25) is 0 Å². The van der Waals surface area contributed by atoms with Crippen LogP contribution in [-0.2, 0) is 4.74 Å². The number of nitrogens with two attached hydrogens (primary N) is 1. The number of nitrogens with zero attached hydrogens (tertiary/aromatic N) is 2. The highest BCUT2D eigenvalue weighted by atomic mass is 16.5. The average Bonchev–Trinajstić information content (AvgIpc) is 2.62. The highest BCUT2D eigenvalue weighted by Gasteiger charge is 2.32. The van der Waals surface area contributed by atoms with Gasteiger partial charge in [0.05, 0.1) is 12.7 Å². The van der Waals surface area contributed by atoms with Gasteiger partial charge in [0.15, 0.2) is 11.5 Å². The summed E-state index contributed by atoms with van der Waals surface area (Å²) in [6.07, 6.45) is 1.70. The van der Waals surface area contributed by atoms with Gasteiger partial charge >= 0.3 is 0 Å². The van der Waals surface area contributed by atoms with Crippen LogP contribution in [0.25, 0.3) is 11.1 Å². The predicted octanol–water partition coefficient (Wildman–Crippen LogP) is 3.90. The number of pyridine rings is 1. The Bertz CT molecular complexity index is 916. The normalized spacial score (nSPS) is 18.7. The quantitative estimate of drug-likeness (QED) is 0.853. The number of hydrogen-bond acceptors (Lipinski definition) is 6. The lowest BCUT2D eigenvalue weighted by atomic mass is 9.82. The summed E-state index contributed by atoms with van der Waals surface area (Å²) in [5, 5.41) is 19.6. The van der Waals surface area contributed by atoms with Crippen LogP contribution in [0.4, 0.5) is 5.82 Å². The van der Waals surface area contributed by atoms with Gasteiger partial charge in [-0.3, -0.25) is 0 Å². The molecule has 0 radical (unpaired) electrons. The lowest BCUT2D eigenvalue weighted by molar-refractivity contribution is -0.0598. The number of phenolic OH excluding ortho intramolecular Hbond substituents is 1. The fourth-order valence-corrected chi connectivity index (χ4v) is 3.88. The lowest BCUT2D eigenvalue weighted by Gasteiger charge is -2.36. The molecule has 0 saturated carbocycles. The first-order valence-electron chi connectivity index (χ1n) is 8.99. The van der Waals surface area contributed by atoms with E-state index in [9.17, 15) is 10.4 Å². The second kappa shape index (κ2) is 7.09. The summed E-state index contributed by atoms with van der Waals surface area (Å²) in [4.78, 5) is 4.60. The minimum absolute atomic E-state index is 0.0471. The molecule has 1 aliphatic heterocycles. The highest BCUT2D eigenvalue weighted by Crippen LogP contribution is 2.42. The van der Waals surface area contributed by atoms with E-state index < -0.39 is 0 Å². The van der Waals surface area contributed by atoms with Gasteiger partial charge in [-0.2, -0.15) is 5.26 Å². The van der Waals surface area contributed by atoms with Crippen molar-refractivity contribution in [2.45, 2.75) is 45.1 Å². The molecule has 1 saturated heterocycles. The second-order valence-corrected chi connectivity index (χ2v) is 7.55. The van der Waals surface area contributed by atoms with E-state index in [0.717, 1.165) is 35.2 Å². The van der Waals surface area contributed by atoms with E-state index in [1.54, 1.807) is 18.2 Å². The maximum Gasteiger partial charge on any atom is 0.161 e. The summed E-state index contributed by atoms with van der Waals surface area (Å²) in [7, 11) is 1.49. The number of hydrogen-bond donors (Lipinski definition) is 2. The van der Waals surface area contributed by atoms with Gasteiger partial charge in [0, 0.05) is 23.8 Å². The molecule has 2 aromatic rings. The number of methoxy groups -OCH3 is 1. The molecular weight excluding hydrogens is 342 g/mol. The van der Waals surface area contributed by atoms with Crippen molar-refractivity contribution in [1.82, 2.24) is 4.98 Å². The third kappa shape index (κ3) is 3.56. The molecule has 1 atom stereocenters. The number of nitrogen functional groups attached to an aromatic ring is 1. The minimum atomic E-state index is -0.221. The standard InChI is InChI=1S/C21H25N3O3/c1-12-18(13-5-6-16(25)17(9-13)26-4)15(11-22)20(23)24-19(12)14-7-8-27-21(2,3)10-14/h5-6,9,14,25H,7-8,10H2,1-4H3,(H2,23,24)/t14-/m1/s1. The SMILES string of the molecule is COc1cc(-c2c(C)c([C@@H]3CCOC(C)(C)C3)nc(N)c2C#N)ccc1O. The molecule has 1 aromatic heterocycles. The van der Waals surface area contributed by atoms with Crippen LogP contribution in [-0.4, -0.2) is 29.4 Å². The van der Waals surface area contributed by atoms with Crippen molar-refractivity contribution in [1.29, 1.82) is 5.26 Å². The van der Waals surface area contributed by atoms with E-state index in [1.807, 2.05) is 6.92 Å². The molecule has 1 fully saturated rings. The smallest absolute Gasteiger partial charge is 0.161 e. The first-order valence-corrected chi connectivity index (χ1v) is 8.99. The molecule has 2 heterocycles. The fraction of sp³-hybridized carbons (Fsp3) is 0.429. The van der Waals surface area contributed by atoms with E-state index >= 15 is 0 Å². The Balaban J connectivity index is 2.19. The topological polar surface area (TPSA) is 101 Å². The molecule has 1 aliphatic rings. The molecule has 6 heteroatoms. The van der Waals surface area contributed by atoms with Gasteiger partial charge in [-0.15, -0.1) is 0 Å². The maximum absolute atomic E-state index is 9.91. The summed E-state index contributed by atoms with van der Waals surface area (Å²) >= 11 is 0. The van der Waals surface area contributed by atoms with Crippen molar-refractivity contribution in [2.75, 3.05) is 19.5 Å². The maximum atomic E-state index is 9.91. The van der Waals surface area contributed by atoms with Crippen molar-refractivity contribution in [3.05, 3.63) is 35.0 Å². The van der Waals surface area contributed by atoms with E-state index in [1.165, 1.54) is 7.11 Å². The number of ether oxygens (including phenoxy) is 2. The molecule has 1 aromatic carbocycles. The lowest BCUT2D eigenvalue weighted by Crippen LogP contribution is -2.33. The zero-order valence-electron chi connectivity index (χ0n) is 16.2. The first kappa shape index (κ1) is 19.0. The van der Waals surface area contributed by atoms with Crippen LogP contribution < -0.4 is 10.5 Å². The summed E-state index contributed by atoms with van der Waals surface area (Å²) in [6.45, 7) is 6.79. The number of nitriles is 1. The van der Waals surface area contributed by atoms with Gasteiger partial charge in [-0.25, -0.2) is 4.98 Å². The Labute approximate surface area is 159 Å². The third-order valence-corrected chi connectivity index (χ3v) is 5.17. The Kier molecular flexibility index (Phi) is 4.99. The van der Waals surface area contributed by atoms with Crippen molar-refractivity contribution >= 4 is 5.82 Å². The highest BCUT2D eigenvalue weighted by molar-refractivity contribution is 5.80. The van der Waals surface area contributed by atoms with Crippen molar-refractivity contribution in [3.8, 4) is 28.7 Å². The third-order valence-electron chi connectivity index (χ3n) is 5.17. The monoisotopic (exact) mass is 367 g/mol. The molecule has 3 N–H and O–H groups in total. The number of rotatable bonds is 3. The summed E-state index contributed by atoms with van der Waals surface area (Å²) < 4.78 is 11.1. The van der Waals surface area contributed by atoms with Crippen LogP contribution >= 0.6 is 0 Å². The second-order valence-electron chi connectivity index (χ2n) is 7.55. The number of anilines is 1. The van der Waals surface area contributed by atoms with E-state index in [4.69, 9.17) is 15.2 Å². The molecule has 27 heavy (non-hydrogen) atoms. The summed E-state index contributed by atoms with van der Waals surface area (Å²) in [5.41, 5.74) is 9.63. The van der Waals surface area contributed by atoms with Gasteiger partial charge in [0.25, 0.3) is 0 Å². The van der Waals surface area contributed by atoms with Crippen molar-refractivity contribution < 1.29 is 14.6 Å². The van der Waals surface area contributed by atoms with Gasteiger partial charge in [-0.05, 0) is 56.9 Å². The van der Waals surface area contributed by atoms with Gasteiger partial charge < -0.3 is 20.3 Å². The minimum Gasteiger partial charge on any atom is -0.504 e. The average molecular weight is 367 g/mol. The predicted molar refractivity (Wildman–Crippen MR) is 104 cm³/mol. The molecule has 3 rings (SSSR count). The van der Waals surface area contributed by atoms with Crippen LogP contribution in [0.5, 0.6) is 11.5 Å². The number of aromatic nitrogens is 1. The van der Waals surface area contributed by atoms with Crippen LogP contribution in [0, 0.1) is 18.3 Å². The molecule has 0 bridgehead atoms. The van der Waals surface area contributed by atoms with Crippen LogP contribution in [0.3, 0.4) is 0 Å². The molecule has 0 spiro atoms. The Morgan fingerprint density at radius 3 is 2.78 bits per heavy atom. The Morgan fingerprint density at radius 2 is 2.15 bits per heavy atom. The number of aromatic hydroxyl groups is 1. The molecule has 0 amide bonds. The van der Waals surface area contributed by atoms with Crippen LogP contribution in [0.1, 0.15) is 49.4 Å². The van der Waals surface area contributed by atoms with Crippen molar-refractivity contribution in [2.24, 2.45) is 0 Å². The first-order chi connectivity index (χ1) is 12.8. The largest absolute Gasteiger partial charge is 0.504 e. The molecule has 0 unspecified atom stereocenters. The Morgan fingerprint density at radius 1 is 1.41 bits per heavy atom. The van der Waals surface area contributed by atoms with Crippen LogP contribution in [0.15, 0.2) is 18.2 Å². The zero-order valence-corrected chi connectivity index (χ0v) is 16.2. The summed E-state index contributed by atoms with van der Waals surface area (Å²) in [6, 6.07) is 7.22. The van der Waals surface area contributed by atoms with Gasteiger partial charge in [0.1, 0.15) is 17.5 Å². The molecule has 0 aliphatic carbocycles. The number of benzene rings is 1. The summed E-state index contributed by atoms with van der Waals surface area (Å²) in [5.74, 6) is 0.830. The van der Waals surface area contributed by atoms with E-state index in [0.29, 0.717) is 17.9 Å². The zero-order chi connectivity index (χ0) is 19.8. The van der Waals surface area contributed by atoms with Crippen molar-refractivity contribution in [3.63, 3.8) is 0 Å². The van der Waals surface area contributed by atoms with E-state index in [2.05, 4.69) is 24.9 Å². The molecule has 142 valence electrons. The van der Waals surface area contributed by atoms with Crippen LogP contribution in [0.2, 0.25) is 0 Å². The Hall–Kier alpha value is -2.78. The fourth-order valence-electron chi connectivity index (χ4n) is 3.88.